The fourth-order valence-corrected chi connectivity index (χ4v) is 6.37. The quantitative estimate of drug-likeness (QED) is 0.376. The van der Waals surface area contributed by atoms with Crippen LogP contribution < -0.4 is 5.32 Å². The Kier molecular flexibility index (Phi) is 9.98. The van der Waals surface area contributed by atoms with E-state index in [1.54, 1.807) is 30.3 Å². The summed E-state index contributed by atoms with van der Waals surface area (Å²) in [5.41, 5.74) is 0.644. The largest absolute Gasteiger partial charge is 0.354 e. The smallest absolute Gasteiger partial charge is 0.269 e. The Labute approximate surface area is 228 Å². The van der Waals surface area contributed by atoms with Crippen LogP contribution in [0.2, 0.25) is 10.0 Å². The van der Waals surface area contributed by atoms with Crippen LogP contribution in [0, 0.1) is 0 Å². The Balaban J connectivity index is 1.77. The third-order valence-corrected chi connectivity index (χ3v) is 8.82. The summed E-state index contributed by atoms with van der Waals surface area (Å²) >= 11 is 12.7. The average Bonchev–Trinajstić information content (AvgIpc) is 3.06. The molecule has 3 amide bonds. The van der Waals surface area contributed by atoms with Gasteiger partial charge in [-0.15, -0.1) is 0 Å². The fraction of sp³-hybridized carbons (Fsp3) is 0.423. The third-order valence-electron chi connectivity index (χ3n) is 6.27. The van der Waals surface area contributed by atoms with E-state index < -0.39 is 22.0 Å². The lowest BCUT2D eigenvalue weighted by molar-refractivity contribution is -0.141. The standard InChI is InChI=1S/C26H31Cl2N3O5S/c1-3-5-15-29-25(33)22(4-2)30(17-19-20(27)11-8-12-21(19)28)24(32)14-9-16-31-26(34)18-10-6-7-13-23(18)37(31,35)36/h6-8,10-13,22H,3-5,9,14-17H2,1-2H3,(H,29,33)/t22-/m0/s1. The van der Waals surface area contributed by atoms with Gasteiger partial charge in [-0.25, -0.2) is 12.7 Å². The van der Waals surface area contributed by atoms with E-state index in [4.69, 9.17) is 23.2 Å². The second-order valence-electron chi connectivity index (χ2n) is 8.77. The Morgan fingerprint density at radius 1 is 1.03 bits per heavy atom. The van der Waals surface area contributed by atoms with Crippen molar-refractivity contribution >= 4 is 50.9 Å². The molecule has 0 saturated heterocycles. The number of benzene rings is 2. The highest BCUT2D eigenvalue weighted by molar-refractivity contribution is 7.90. The van der Waals surface area contributed by atoms with Crippen LogP contribution in [0.15, 0.2) is 47.4 Å². The van der Waals surface area contributed by atoms with Crippen molar-refractivity contribution in [1.29, 1.82) is 0 Å². The minimum absolute atomic E-state index is 0.0173. The summed E-state index contributed by atoms with van der Waals surface area (Å²) in [6.07, 6.45) is 2.11. The number of nitrogens with one attached hydrogen (secondary N) is 1. The van der Waals surface area contributed by atoms with Gasteiger partial charge in [0.05, 0.1) is 5.56 Å². The molecule has 1 aliphatic heterocycles. The highest BCUT2D eigenvalue weighted by atomic mass is 35.5. The van der Waals surface area contributed by atoms with Gasteiger partial charge in [-0.2, -0.15) is 0 Å². The van der Waals surface area contributed by atoms with E-state index in [1.165, 1.54) is 17.0 Å². The lowest BCUT2D eigenvalue weighted by atomic mass is 10.1. The van der Waals surface area contributed by atoms with Crippen molar-refractivity contribution in [2.24, 2.45) is 0 Å². The zero-order valence-electron chi connectivity index (χ0n) is 20.9. The Morgan fingerprint density at radius 3 is 2.32 bits per heavy atom. The summed E-state index contributed by atoms with van der Waals surface area (Å²) in [5, 5.41) is 3.63. The van der Waals surface area contributed by atoms with Gasteiger partial charge in [0.2, 0.25) is 11.8 Å². The Morgan fingerprint density at radius 2 is 1.70 bits per heavy atom. The van der Waals surface area contributed by atoms with E-state index in [2.05, 4.69) is 5.32 Å². The van der Waals surface area contributed by atoms with Crippen LogP contribution in [0.25, 0.3) is 0 Å². The van der Waals surface area contributed by atoms with E-state index in [0.29, 0.717) is 28.6 Å². The highest BCUT2D eigenvalue weighted by Crippen LogP contribution is 2.31. The number of carbonyl (C=O) groups is 3. The van der Waals surface area contributed by atoms with E-state index in [0.717, 1.165) is 17.1 Å². The van der Waals surface area contributed by atoms with Crippen molar-refractivity contribution in [2.45, 2.75) is 63.4 Å². The highest BCUT2D eigenvalue weighted by Gasteiger charge is 2.40. The first-order valence-electron chi connectivity index (χ1n) is 12.3. The minimum atomic E-state index is -3.96. The first-order valence-corrected chi connectivity index (χ1v) is 14.5. The van der Waals surface area contributed by atoms with Crippen LogP contribution in [0.5, 0.6) is 0 Å². The van der Waals surface area contributed by atoms with E-state index in [-0.39, 0.29) is 48.2 Å². The number of unbranched alkanes of at least 4 members (excludes halogenated alkanes) is 1. The van der Waals surface area contributed by atoms with Crippen molar-refractivity contribution in [3.63, 3.8) is 0 Å². The normalized spacial score (nSPS) is 14.8. The lowest BCUT2D eigenvalue weighted by Gasteiger charge is -2.31. The molecule has 0 aliphatic carbocycles. The number of halogens is 2. The molecule has 1 atom stereocenters. The summed E-state index contributed by atoms with van der Waals surface area (Å²) in [7, 11) is -3.96. The topological polar surface area (TPSA) is 104 Å². The molecular weight excluding hydrogens is 537 g/mol. The van der Waals surface area contributed by atoms with E-state index in [1.807, 2.05) is 13.8 Å². The molecule has 0 radical (unpaired) electrons. The van der Waals surface area contributed by atoms with Gasteiger partial charge in [0.1, 0.15) is 10.9 Å². The number of amides is 3. The summed E-state index contributed by atoms with van der Waals surface area (Å²) in [5.74, 6) is -1.25. The molecule has 2 aromatic rings. The number of hydrogen-bond donors (Lipinski definition) is 1. The molecule has 0 unspecified atom stereocenters. The summed E-state index contributed by atoms with van der Waals surface area (Å²) in [6.45, 7) is 4.19. The molecule has 0 saturated carbocycles. The van der Waals surface area contributed by atoms with Gasteiger partial charge < -0.3 is 10.2 Å². The van der Waals surface area contributed by atoms with Crippen LogP contribution in [0.1, 0.15) is 61.9 Å². The molecule has 2 aromatic carbocycles. The van der Waals surface area contributed by atoms with Crippen molar-refractivity contribution in [2.75, 3.05) is 13.1 Å². The second-order valence-corrected chi connectivity index (χ2v) is 11.4. The molecule has 11 heteroatoms. The molecule has 3 rings (SSSR count). The number of carbonyl (C=O) groups excluding carboxylic acids is 3. The van der Waals surface area contributed by atoms with E-state index >= 15 is 0 Å². The fourth-order valence-electron chi connectivity index (χ4n) is 4.25. The maximum absolute atomic E-state index is 13.4. The van der Waals surface area contributed by atoms with Crippen LogP contribution in [-0.4, -0.2) is 54.5 Å². The van der Waals surface area contributed by atoms with Gasteiger partial charge in [0.15, 0.2) is 0 Å². The van der Waals surface area contributed by atoms with Gasteiger partial charge in [0.25, 0.3) is 15.9 Å². The predicted molar refractivity (Wildman–Crippen MR) is 143 cm³/mol. The summed E-state index contributed by atoms with van der Waals surface area (Å²) in [6, 6.07) is 10.3. The summed E-state index contributed by atoms with van der Waals surface area (Å²) in [4.78, 5) is 40.5. The maximum atomic E-state index is 13.4. The number of rotatable bonds is 12. The first kappa shape index (κ1) is 28.9. The zero-order chi connectivity index (χ0) is 27.2. The predicted octanol–water partition coefficient (Wildman–Crippen LogP) is 4.64. The molecule has 200 valence electrons. The number of fused-ring (bicyclic) bond motifs is 1. The number of hydrogen-bond acceptors (Lipinski definition) is 5. The molecule has 0 spiro atoms. The van der Waals surface area contributed by atoms with Crippen molar-refractivity contribution < 1.29 is 22.8 Å². The van der Waals surface area contributed by atoms with Gasteiger partial charge in [-0.05, 0) is 43.5 Å². The summed E-state index contributed by atoms with van der Waals surface area (Å²) < 4.78 is 26.4. The SMILES string of the molecule is CCCCNC(=O)[C@H](CC)N(Cc1c(Cl)cccc1Cl)C(=O)CCCN1C(=O)c2ccccc2S1(=O)=O. The number of sulfonamides is 1. The second kappa shape index (κ2) is 12.8. The van der Waals surface area contributed by atoms with Crippen LogP contribution in [0.3, 0.4) is 0 Å². The zero-order valence-corrected chi connectivity index (χ0v) is 23.2. The molecule has 1 aliphatic rings. The monoisotopic (exact) mass is 567 g/mol. The maximum Gasteiger partial charge on any atom is 0.269 e. The van der Waals surface area contributed by atoms with Crippen molar-refractivity contribution in [1.82, 2.24) is 14.5 Å². The van der Waals surface area contributed by atoms with Crippen molar-refractivity contribution in [3.8, 4) is 0 Å². The molecule has 0 bridgehead atoms. The Bertz CT molecular complexity index is 1250. The van der Waals surface area contributed by atoms with Crippen LogP contribution in [0.4, 0.5) is 0 Å². The molecular formula is C26H31Cl2N3O5S. The van der Waals surface area contributed by atoms with Gasteiger partial charge in [0, 0.05) is 41.7 Å². The molecule has 8 nitrogen and oxygen atoms in total. The molecule has 0 fully saturated rings. The molecule has 0 aromatic heterocycles. The van der Waals surface area contributed by atoms with Crippen LogP contribution >= 0.6 is 23.2 Å². The van der Waals surface area contributed by atoms with E-state index in [9.17, 15) is 22.8 Å². The molecule has 1 N–H and O–H groups in total. The minimum Gasteiger partial charge on any atom is -0.354 e. The first-order chi connectivity index (χ1) is 17.6. The molecule has 37 heavy (non-hydrogen) atoms. The third kappa shape index (κ3) is 6.45. The van der Waals surface area contributed by atoms with Gasteiger partial charge in [-0.3, -0.25) is 14.4 Å². The lowest BCUT2D eigenvalue weighted by Crippen LogP contribution is -2.49. The number of nitrogens with zero attached hydrogens (tertiary/aromatic N) is 2. The van der Waals surface area contributed by atoms with Gasteiger partial charge >= 0.3 is 0 Å². The average molecular weight is 569 g/mol. The van der Waals surface area contributed by atoms with Gasteiger partial charge in [-0.1, -0.05) is 61.7 Å². The van der Waals surface area contributed by atoms with Crippen LogP contribution in [-0.2, 0) is 26.2 Å². The van der Waals surface area contributed by atoms with Crippen molar-refractivity contribution in [3.05, 3.63) is 63.6 Å². The Hall–Kier alpha value is -2.62. The molecule has 1 heterocycles.